The Hall–Kier alpha value is -3.78. The number of hydrogen-bond acceptors (Lipinski definition) is 7. The van der Waals surface area contributed by atoms with E-state index < -0.39 is 11.9 Å². The van der Waals surface area contributed by atoms with E-state index in [2.05, 4.69) is 16.8 Å². The average molecular weight is 417 g/mol. The second-order valence-electron chi connectivity index (χ2n) is 6.64. The van der Waals surface area contributed by atoms with E-state index in [0.29, 0.717) is 34.0 Å². The Kier molecular flexibility index (Phi) is 4.40. The van der Waals surface area contributed by atoms with Crippen molar-refractivity contribution < 1.29 is 13.9 Å². The first-order valence-electron chi connectivity index (χ1n) is 9.18. The molecular weight excluding hydrogens is 402 g/mol. The summed E-state index contributed by atoms with van der Waals surface area (Å²) >= 11 is 1.22. The number of carbonyl (C=O) groups is 1. The molecule has 0 aliphatic carbocycles. The summed E-state index contributed by atoms with van der Waals surface area (Å²) in [4.78, 5) is 28.2. The second kappa shape index (κ2) is 7.23. The van der Waals surface area contributed by atoms with E-state index in [0.717, 1.165) is 0 Å². The zero-order chi connectivity index (χ0) is 20.7. The lowest BCUT2D eigenvalue weighted by Gasteiger charge is -2.22. The van der Waals surface area contributed by atoms with Crippen LogP contribution in [-0.4, -0.2) is 22.7 Å². The molecule has 1 unspecified atom stereocenters. The van der Waals surface area contributed by atoms with Gasteiger partial charge in [0, 0.05) is 0 Å². The van der Waals surface area contributed by atoms with E-state index >= 15 is 0 Å². The molecule has 5 rings (SSSR count). The van der Waals surface area contributed by atoms with Crippen molar-refractivity contribution in [3.05, 3.63) is 93.8 Å². The molecule has 2 aromatic heterocycles. The minimum absolute atomic E-state index is 0.0244. The quantitative estimate of drug-likeness (QED) is 0.457. The molecule has 0 N–H and O–H groups in total. The highest BCUT2D eigenvalue weighted by Crippen LogP contribution is 2.42. The molecule has 1 amide bonds. The van der Waals surface area contributed by atoms with Crippen LogP contribution in [0.2, 0.25) is 0 Å². The maximum Gasteiger partial charge on any atom is 0.297 e. The fourth-order valence-corrected chi connectivity index (χ4v) is 4.22. The summed E-state index contributed by atoms with van der Waals surface area (Å²) in [5.41, 5.74) is 2.67. The molecule has 3 heterocycles. The van der Waals surface area contributed by atoms with Crippen LogP contribution in [-0.2, 0) is 0 Å². The number of rotatable bonds is 5. The van der Waals surface area contributed by atoms with Crippen LogP contribution in [0.1, 0.15) is 27.7 Å². The van der Waals surface area contributed by atoms with Crippen molar-refractivity contribution in [2.24, 2.45) is 0 Å². The number of ether oxygens (including phenoxy) is 1. The van der Waals surface area contributed by atoms with E-state index in [4.69, 9.17) is 9.15 Å². The standard InChI is InChI=1S/C22H15N3O4S/c1-2-10-28-14-7-5-6-13(11-14)18-17-19(26)15-8-3-4-9-16(15)29-20(17)21(27)25(18)22-24-23-12-30-22/h2-9,11-12,18H,1,10H2. The summed E-state index contributed by atoms with van der Waals surface area (Å²) in [5.74, 6) is 0.207. The van der Waals surface area contributed by atoms with Gasteiger partial charge in [0.2, 0.25) is 10.9 Å². The normalized spacial score (nSPS) is 15.4. The lowest BCUT2D eigenvalue weighted by atomic mass is 9.98. The van der Waals surface area contributed by atoms with Crippen molar-refractivity contribution in [3.63, 3.8) is 0 Å². The Morgan fingerprint density at radius 2 is 2.07 bits per heavy atom. The molecule has 4 aromatic rings. The highest BCUT2D eigenvalue weighted by molar-refractivity contribution is 7.13. The van der Waals surface area contributed by atoms with Crippen molar-refractivity contribution in [1.29, 1.82) is 0 Å². The molecule has 0 bridgehead atoms. The number of para-hydroxylation sites is 1. The zero-order valence-electron chi connectivity index (χ0n) is 15.6. The predicted octanol–water partition coefficient (Wildman–Crippen LogP) is 3.96. The fraction of sp³-hybridized carbons (Fsp3) is 0.0909. The highest BCUT2D eigenvalue weighted by atomic mass is 32.1. The topological polar surface area (TPSA) is 85.5 Å². The SMILES string of the molecule is C=CCOc1cccc(C2c3c(oc4ccccc4c3=O)C(=O)N2c2nncs2)c1. The largest absolute Gasteiger partial charge is 0.490 e. The van der Waals surface area contributed by atoms with Gasteiger partial charge in [0.05, 0.1) is 17.0 Å². The molecule has 0 saturated heterocycles. The van der Waals surface area contributed by atoms with Gasteiger partial charge in [-0.05, 0) is 29.8 Å². The van der Waals surface area contributed by atoms with Gasteiger partial charge in [0.15, 0.2) is 5.43 Å². The van der Waals surface area contributed by atoms with Crippen LogP contribution in [0.15, 0.2) is 75.9 Å². The molecule has 1 atom stereocenters. The molecule has 0 radical (unpaired) electrons. The molecule has 8 heteroatoms. The van der Waals surface area contributed by atoms with Gasteiger partial charge in [-0.3, -0.25) is 14.5 Å². The molecule has 148 valence electrons. The average Bonchev–Trinajstić information content (AvgIpc) is 3.39. The monoisotopic (exact) mass is 417 g/mol. The molecule has 2 aromatic carbocycles. The molecule has 30 heavy (non-hydrogen) atoms. The predicted molar refractivity (Wildman–Crippen MR) is 113 cm³/mol. The third kappa shape index (κ3) is 2.81. The minimum Gasteiger partial charge on any atom is -0.490 e. The first kappa shape index (κ1) is 18.3. The van der Waals surface area contributed by atoms with Crippen molar-refractivity contribution >= 4 is 33.3 Å². The van der Waals surface area contributed by atoms with Crippen LogP contribution in [0.3, 0.4) is 0 Å². The van der Waals surface area contributed by atoms with Crippen molar-refractivity contribution in [2.45, 2.75) is 6.04 Å². The summed E-state index contributed by atoms with van der Waals surface area (Å²) in [5, 5.41) is 8.73. The lowest BCUT2D eigenvalue weighted by Crippen LogP contribution is -2.29. The summed E-state index contributed by atoms with van der Waals surface area (Å²) in [6.07, 6.45) is 1.65. The molecule has 0 fully saturated rings. The Morgan fingerprint density at radius 1 is 1.20 bits per heavy atom. The molecule has 7 nitrogen and oxygen atoms in total. The van der Waals surface area contributed by atoms with Gasteiger partial charge in [0.1, 0.15) is 23.4 Å². The molecule has 1 aliphatic heterocycles. The van der Waals surface area contributed by atoms with E-state index in [9.17, 15) is 9.59 Å². The van der Waals surface area contributed by atoms with E-state index in [1.54, 1.807) is 36.4 Å². The van der Waals surface area contributed by atoms with Crippen LogP contribution in [0.5, 0.6) is 5.75 Å². The maximum atomic E-state index is 13.4. The Labute approximate surface area is 174 Å². The number of nitrogens with zero attached hydrogens (tertiary/aromatic N) is 3. The molecule has 0 saturated carbocycles. The first-order valence-corrected chi connectivity index (χ1v) is 10.1. The molecule has 0 spiro atoms. The Balaban J connectivity index is 1.76. The van der Waals surface area contributed by atoms with Gasteiger partial charge in [-0.2, -0.15) is 0 Å². The van der Waals surface area contributed by atoms with Crippen molar-refractivity contribution in [3.8, 4) is 5.75 Å². The van der Waals surface area contributed by atoms with Gasteiger partial charge in [-0.25, -0.2) is 0 Å². The van der Waals surface area contributed by atoms with Gasteiger partial charge >= 0.3 is 0 Å². The molecular formula is C22H15N3O4S. The van der Waals surface area contributed by atoms with Crippen LogP contribution >= 0.6 is 11.3 Å². The highest BCUT2D eigenvalue weighted by Gasteiger charge is 2.45. The van der Waals surface area contributed by atoms with Crippen LogP contribution in [0.4, 0.5) is 5.13 Å². The third-order valence-corrected chi connectivity index (χ3v) is 5.56. The Bertz CT molecular complexity index is 1330. The van der Waals surface area contributed by atoms with Crippen LogP contribution in [0.25, 0.3) is 11.0 Å². The summed E-state index contributed by atoms with van der Waals surface area (Å²) in [7, 11) is 0. The number of hydrogen-bond donors (Lipinski definition) is 0. The summed E-state index contributed by atoms with van der Waals surface area (Å²) in [6, 6.07) is 13.5. The third-order valence-electron chi connectivity index (χ3n) is 4.87. The summed E-state index contributed by atoms with van der Waals surface area (Å²) < 4.78 is 11.5. The summed E-state index contributed by atoms with van der Waals surface area (Å²) in [6.45, 7) is 4.00. The smallest absolute Gasteiger partial charge is 0.297 e. The van der Waals surface area contributed by atoms with Gasteiger partial charge in [-0.15, -0.1) is 10.2 Å². The fourth-order valence-electron chi connectivity index (χ4n) is 3.63. The number of benzene rings is 2. The number of anilines is 1. The van der Waals surface area contributed by atoms with Crippen LogP contribution in [0, 0.1) is 0 Å². The van der Waals surface area contributed by atoms with Crippen molar-refractivity contribution in [1.82, 2.24) is 10.2 Å². The lowest BCUT2D eigenvalue weighted by molar-refractivity contribution is 0.0970. The Morgan fingerprint density at radius 3 is 2.87 bits per heavy atom. The van der Waals surface area contributed by atoms with Crippen molar-refractivity contribution in [2.75, 3.05) is 11.5 Å². The zero-order valence-corrected chi connectivity index (χ0v) is 16.5. The molecule has 1 aliphatic rings. The van der Waals surface area contributed by atoms with E-state index in [-0.39, 0.29) is 16.8 Å². The number of amides is 1. The minimum atomic E-state index is -0.700. The first-order chi connectivity index (χ1) is 14.7. The van der Waals surface area contributed by atoms with E-state index in [1.807, 2.05) is 18.2 Å². The number of aromatic nitrogens is 2. The number of carbonyl (C=O) groups excluding carboxylic acids is 1. The van der Waals surface area contributed by atoms with E-state index in [1.165, 1.54) is 21.7 Å². The van der Waals surface area contributed by atoms with Crippen LogP contribution < -0.4 is 15.1 Å². The van der Waals surface area contributed by atoms with Gasteiger partial charge in [-0.1, -0.05) is 48.3 Å². The maximum absolute atomic E-state index is 13.4. The number of fused-ring (bicyclic) bond motifs is 2. The second-order valence-corrected chi connectivity index (χ2v) is 7.45. The van der Waals surface area contributed by atoms with Gasteiger partial charge in [0.25, 0.3) is 5.91 Å². The van der Waals surface area contributed by atoms with Gasteiger partial charge < -0.3 is 9.15 Å².